The van der Waals surface area contributed by atoms with E-state index in [0.717, 1.165) is 19.6 Å². The van der Waals surface area contributed by atoms with Gasteiger partial charge in [0.25, 0.3) is 5.91 Å². The quantitative estimate of drug-likeness (QED) is 0.412. The van der Waals surface area contributed by atoms with E-state index in [1.165, 1.54) is 40.3 Å². The largest absolute Gasteiger partial charge is 0.334 e. The Labute approximate surface area is 151 Å². The Balaban J connectivity index is 2.10. The molecule has 1 heterocycles. The zero-order valence-electron chi connectivity index (χ0n) is 14.3. The molecule has 1 aliphatic rings. The van der Waals surface area contributed by atoms with Crippen molar-refractivity contribution in [2.24, 2.45) is 10.9 Å². The number of halogens is 1. The number of quaternary nitrogens is 1. The van der Waals surface area contributed by atoms with Crippen LogP contribution >= 0.6 is 12.2 Å². The van der Waals surface area contributed by atoms with Gasteiger partial charge in [-0.15, -0.1) is 0 Å². The van der Waals surface area contributed by atoms with Gasteiger partial charge < -0.3 is 10.2 Å². The van der Waals surface area contributed by atoms with E-state index in [1.807, 2.05) is 0 Å². The van der Waals surface area contributed by atoms with E-state index in [0.29, 0.717) is 12.2 Å². The highest BCUT2D eigenvalue weighted by atomic mass is 32.1. The lowest BCUT2D eigenvalue weighted by atomic mass is 10.1. The molecule has 0 aliphatic carbocycles. The molecule has 1 aliphatic heterocycles. The van der Waals surface area contributed by atoms with Gasteiger partial charge in [-0.1, -0.05) is 0 Å². The molecule has 0 radical (unpaired) electrons. The summed E-state index contributed by atoms with van der Waals surface area (Å²) >= 11 is 5.08. The maximum atomic E-state index is 13.1. The molecule has 1 unspecified atom stereocenters. The van der Waals surface area contributed by atoms with Crippen molar-refractivity contribution in [3.63, 3.8) is 0 Å². The topological polar surface area (TPSA) is 66.2 Å². The van der Waals surface area contributed by atoms with E-state index in [-0.39, 0.29) is 5.11 Å². The average molecular weight is 365 g/mol. The molecule has 2 amide bonds. The third kappa shape index (κ3) is 4.67. The minimum absolute atomic E-state index is 0.0150. The highest BCUT2D eigenvalue weighted by molar-refractivity contribution is 7.80. The zero-order chi connectivity index (χ0) is 18.4. The van der Waals surface area contributed by atoms with Crippen LogP contribution < -0.4 is 15.1 Å². The monoisotopic (exact) mass is 365 g/mol. The van der Waals surface area contributed by atoms with Gasteiger partial charge in [-0.2, -0.15) is 0 Å². The molecule has 134 valence electrons. The number of likely N-dealkylation sites (N-methyl/N-ethyl adjacent to an activating group) is 1. The molecule has 1 saturated heterocycles. The van der Waals surface area contributed by atoms with Crippen molar-refractivity contribution in [2.45, 2.75) is 13.8 Å². The van der Waals surface area contributed by atoms with Crippen molar-refractivity contribution in [3.05, 3.63) is 30.1 Å². The second-order valence-electron chi connectivity index (χ2n) is 5.68. The summed E-state index contributed by atoms with van der Waals surface area (Å²) in [6.45, 7) is 7.58. The summed E-state index contributed by atoms with van der Waals surface area (Å²) in [5, 5.41) is 2.49. The van der Waals surface area contributed by atoms with Crippen LogP contribution in [0, 0.1) is 11.7 Å². The normalized spacial score (nSPS) is 18.3. The number of anilines is 1. The smallest absolute Gasteiger partial charge is 0.251 e. The van der Waals surface area contributed by atoms with Crippen LogP contribution in [0.25, 0.3) is 0 Å². The summed E-state index contributed by atoms with van der Waals surface area (Å²) in [7, 11) is 0. The minimum atomic E-state index is -1.04. The molecule has 2 rings (SSSR count). The molecule has 1 fully saturated rings. The predicted octanol–water partition coefficient (Wildman–Crippen LogP) is 0.185. The van der Waals surface area contributed by atoms with Crippen LogP contribution in [0.2, 0.25) is 0 Å². The van der Waals surface area contributed by atoms with Crippen molar-refractivity contribution >= 4 is 41.0 Å². The van der Waals surface area contributed by atoms with E-state index in [1.54, 1.807) is 0 Å². The first-order valence-corrected chi connectivity index (χ1v) is 8.66. The van der Waals surface area contributed by atoms with Gasteiger partial charge in [0.1, 0.15) is 5.82 Å². The van der Waals surface area contributed by atoms with Gasteiger partial charge in [-0.05, 0) is 50.3 Å². The van der Waals surface area contributed by atoms with Crippen LogP contribution in [0.1, 0.15) is 13.8 Å². The summed E-state index contributed by atoms with van der Waals surface area (Å²) in [6, 6.07) is 5.35. The Hall–Kier alpha value is -2.19. The van der Waals surface area contributed by atoms with Crippen LogP contribution in [-0.4, -0.2) is 49.3 Å². The molecule has 1 aromatic rings. The molecular weight excluding hydrogens is 343 g/mol. The lowest BCUT2D eigenvalue weighted by Crippen LogP contribution is -3.11. The molecule has 25 heavy (non-hydrogen) atoms. The summed E-state index contributed by atoms with van der Waals surface area (Å²) in [5.41, 5.74) is 0.405. The van der Waals surface area contributed by atoms with Gasteiger partial charge >= 0.3 is 0 Å². The van der Waals surface area contributed by atoms with Crippen LogP contribution in [0.5, 0.6) is 0 Å². The molecule has 0 spiro atoms. The van der Waals surface area contributed by atoms with Gasteiger partial charge in [-0.25, -0.2) is 4.39 Å². The maximum absolute atomic E-state index is 13.1. The van der Waals surface area contributed by atoms with Crippen LogP contribution in [-0.2, 0) is 9.59 Å². The Morgan fingerprint density at radius 1 is 1.28 bits per heavy atom. The fourth-order valence-electron chi connectivity index (χ4n) is 2.56. The van der Waals surface area contributed by atoms with Crippen molar-refractivity contribution < 1.29 is 18.9 Å². The second-order valence-corrected chi connectivity index (χ2v) is 6.07. The zero-order valence-corrected chi connectivity index (χ0v) is 15.1. The first kappa shape index (κ1) is 19.1. The lowest BCUT2D eigenvalue weighted by molar-refractivity contribution is -0.894. The molecule has 2 N–H and O–H groups in total. The Bertz CT molecular complexity index is 674. The number of nitrogens with zero attached hydrogens (tertiary/aromatic N) is 2. The molecule has 1 atom stereocenters. The van der Waals surface area contributed by atoms with Gasteiger partial charge in [0.05, 0.1) is 31.9 Å². The minimum Gasteiger partial charge on any atom is -0.334 e. The number of amides is 2. The first-order valence-electron chi connectivity index (χ1n) is 8.25. The molecule has 0 aromatic heterocycles. The molecule has 0 saturated carbocycles. The van der Waals surface area contributed by atoms with Crippen LogP contribution in [0.15, 0.2) is 29.3 Å². The number of hydrogen-bond acceptors (Lipinski definition) is 4. The molecular formula is C17H22FN4O2S+. The van der Waals surface area contributed by atoms with E-state index in [4.69, 9.17) is 12.2 Å². The van der Waals surface area contributed by atoms with Crippen molar-refractivity contribution in [2.75, 3.05) is 31.1 Å². The number of thiocarbonyl (C=S) groups is 1. The van der Waals surface area contributed by atoms with E-state index >= 15 is 0 Å². The summed E-state index contributed by atoms with van der Waals surface area (Å²) in [5.74, 6) is -2.43. The Morgan fingerprint density at radius 2 is 1.92 bits per heavy atom. The number of aliphatic imine (C=N–C) groups is 1. The van der Waals surface area contributed by atoms with Crippen LogP contribution in [0.3, 0.4) is 0 Å². The van der Waals surface area contributed by atoms with Crippen LogP contribution in [0.4, 0.5) is 10.1 Å². The second kappa shape index (κ2) is 8.77. The molecule has 6 nitrogen and oxygen atoms in total. The Morgan fingerprint density at radius 3 is 2.52 bits per heavy atom. The fourth-order valence-corrected chi connectivity index (χ4v) is 2.86. The van der Waals surface area contributed by atoms with E-state index in [2.05, 4.69) is 24.2 Å². The molecule has 8 heteroatoms. The third-order valence-electron chi connectivity index (χ3n) is 4.14. The summed E-state index contributed by atoms with van der Waals surface area (Å²) < 4.78 is 13.1. The number of carbonyl (C=O) groups is 2. The highest BCUT2D eigenvalue weighted by Gasteiger charge is 2.38. The maximum Gasteiger partial charge on any atom is 0.251 e. The van der Waals surface area contributed by atoms with Crippen molar-refractivity contribution in [1.82, 2.24) is 5.32 Å². The standard InChI is InChI=1S/C17H21FN4O2S/c1-3-21(4-2)10-9-19-11-14-15(23)20-17(25)22(16(14)24)13-7-5-12(18)6-8-13/h5-8,11,14H,3-4,9-10H2,1-2H3,(H,20,23,25)/p+1. The number of nitrogens with one attached hydrogen (secondary N) is 2. The highest BCUT2D eigenvalue weighted by Crippen LogP contribution is 2.20. The van der Waals surface area contributed by atoms with Gasteiger partial charge in [0, 0.05) is 6.21 Å². The summed E-state index contributed by atoms with van der Waals surface area (Å²) in [6.07, 6.45) is 1.37. The fraction of sp³-hybridized carbons (Fsp3) is 0.412. The number of carbonyl (C=O) groups excluding carboxylic acids is 2. The van der Waals surface area contributed by atoms with Gasteiger partial charge in [0.15, 0.2) is 11.0 Å². The predicted molar refractivity (Wildman–Crippen MR) is 98.4 cm³/mol. The SMILES string of the molecule is CC[NH+](CC)CCN=CC1C(=O)NC(=S)N(c2ccc(F)cc2)C1=O. The first-order chi connectivity index (χ1) is 12.0. The Kier molecular flexibility index (Phi) is 6.72. The van der Waals surface area contributed by atoms with E-state index in [9.17, 15) is 14.0 Å². The molecule has 0 bridgehead atoms. The molecule has 1 aromatic carbocycles. The van der Waals surface area contributed by atoms with Gasteiger partial charge in [-0.3, -0.25) is 19.5 Å². The summed E-state index contributed by atoms with van der Waals surface area (Å²) in [4.78, 5) is 31.6. The average Bonchev–Trinajstić information content (AvgIpc) is 2.59. The lowest BCUT2D eigenvalue weighted by Gasteiger charge is -2.30. The number of benzene rings is 1. The van der Waals surface area contributed by atoms with Crippen molar-refractivity contribution in [1.29, 1.82) is 0 Å². The number of hydrogen-bond donors (Lipinski definition) is 2. The third-order valence-corrected chi connectivity index (χ3v) is 4.42. The number of rotatable bonds is 7. The van der Waals surface area contributed by atoms with E-state index < -0.39 is 23.5 Å². The van der Waals surface area contributed by atoms with Gasteiger partial charge in [0.2, 0.25) is 5.91 Å². The van der Waals surface area contributed by atoms with Crippen molar-refractivity contribution in [3.8, 4) is 0 Å².